The van der Waals surface area contributed by atoms with Crippen molar-refractivity contribution in [1.82, 2.24) is 5.06 Å². The van der Waals surface area contributed by atoms with E-state index in [1.54, 1.807) is 0 Å². The maximum Gasteiger partial charge on any atom is 0.248 e. The van der Waals surface area contributed by atoms with Crippen LogP contribution < -0.4 is 0 Å². The van der Waals surface area contributed by atoms with Gasteiger partial charge in [0.15, 0.2) is 13.6 Å². The van der Waals surface area contributed by atoms with Crippen molar-refractivity contribution in [3.8, 4) is 0 Å². The van der Waals surface area contributed by atoms with Crippen LogP contribution in [-0.4, -0.2) is 34.4 Å². The molecule has 0 aromatic heterocycles. The Morgan fingerprint density at radius 1 is 1.20 bits per heavy atom. The molecule has 4 nitrogen and oxygen atoms in total. The Labute approximate surface area is 92.8 Å². The highest BCUT2D eigenvalue weighted by Gasteiger charge is 2.61. The zero-order chi connectivity index (χ0) is 12.2. The van der Waals surface area contributed by atoms with E-state index >= 15 is 0 Å². The molecule has 0 atom stereocenters. The fourth-order valence-electron chi connectivity index (χ4n) is 1.72. The summed E-state index contributed by atoms with van der Waals surface area (Å²) in [5.74, 6) is 0. The zero-order valence-electron chi connectivity index (χ0n) is 10.7. The topological polar surface area (TPSA) is 49.2 Å². The van der Waals surface area contributed by atoms with Gasteiger partial charge in [0.2, 0.25) is 5.46 Å². The fourth-order valence-corrected chi connectivity index (χ4v) is 3.50. The van der Waals surface area contributed by atoms with Gasteiger partial charge in [0.05, 0.1) is 0 Å². The summed E-state index contributed by atoms with van der Waals surface area (Å²) in [7, 11) is -1.88. The van der Waals surface area contributed by atoms with E-state index in [1.807, 2.05) is 47.3 Å². The Balaban J connectivity index is 3.37. The molecule has 0 bridgehead atoms. The van der Waals surface area contributed by atoms with Crippen LogP contribution in [0.25, 0.3) is 0 Å². The third-order valence-electron chi connectivity index (χ3n) is 3.57. The summed E-state index contributed by atoms with van der Waals surface area (Å²) in [4.78, 5) is 0. The largest absolute Gasteiger partial charge is 0.715 e. The summed E-state index contributed by atoms with van der Waals surface area (Å²) in [5, 5.41) is 25.3. The number of hydrogen-bond acceptors (Lipinski definition) is 2. The van der Waals surface area contributed by atoms with Crippen molar-refractivity contribution in [2.75, 3.05) is 0 Å². The second-order valence-corrected chi connectivity index (χ2v) is 11.2. The molecule has 0 aromatic carbocycles. The lowest BCUT2D eigenvalue weighted by atomic mass is 9.84. The third kappa shape index (κ3) is 1.48. The minimum Gasteiger partial charge on any atom is -0.715 e. The van der Waals surface area contributed by atoms with Gasteiger partial charge in [0.1, 0.15) is 5.54 Å². The maximum atomic E-state index is 12.2. The average Bonchev–Trinajstić information content (AvgIpc) is 2.10. The van der Waals surface area contributed by atoms with E-state index in [2.05, 4.69) is 0 Å². The van der Waals surface area contributed by atoms with Gasteiger partial charge >= 0.3 is 0 Å². The first-order chi connectivity index (χ1) is 6.44. The quantitative estimate of drug-likeness (QED) is 0.392. The molecule has 1 radical (unpaired) electrons. The zero-order valence-corrected chi connectivity index (χ0v) is 11.7. The molecule has 1 aliphatic rings. The van der Waals surface area contributed by atoms with Crippen LogP contribution in [-0.2, 0) is 5.21 Å². The van der Waals surface area contributed by atoms with Gasteiger partial charge in [-0.1, -0.05) is 24.7 Å². The lowest BCUT2D eigenvalue weighted by molar-refractivity contribution is -0.538. The standard InChI is InChI=1S/C10H21N2O2Si/c1-9(2)10(3,4)12(14)8(11(9)13)15(5,6)7/h1-7H3. The van der Waals surface area contributed by atoms with Crippen LogP contribution in [0.4, 0.5) is 0 Å². The molecule has 15 heavy (non-hydrogen) atoms. The summed E-state index contributed by atoms with van der Waals surface area (Å²) < 4.78 is 0.937. The van der Waals surface area contributed by atoms with Crippen molar-refractivity contribution >= 4 is 13.5 Å². The lowest BCUT2D eigenvalue weighted by Gasteiger charge is -2.33. The van der Waals surface area contributed by atoms with E-state index in [0.717, 1.165) is 9.80 Å². The molecule has 0 saturated carbocycles. The van der Waals surface area contributed by atoms with Gasteiger partial charge in [0, 0.05) is 5.21 Å². The highest BCUT2D eigenvalue weighted by molar-refractivity contribution is 7.03. The molecule has 1 rings (SSSR count). The summed E-state index contributed by atoms with van der Waals surface area (Å²) in [6.07, 6.45) is 0. The molecule has 87 valence electrons. The van der Waals surface area contributed by atoms with Gasteiger partial charge in [0.25, 0.3) is 0 Å². The molecule has 0 unspecified atom stereocenters. The van der Waals surface area contributed by atoms with Crippen LogP contribution in [0.5, 0.6) is 0 Å². The highest BCUT2D eigenvalue weighted by Crippen LogP contribution is 2.37. The predicted octanol–water partition coefficient (Wildman–Crippen LogP) is 1.99. The number of amidine groups is 1. The second kappa shape index (κ2) is 2.98. The predicted molar refractivity (Wildman–Crippen MR) is 62.7 cm³/mol. The molecule has 5 heteroatoms. The monoisotopic (exact) mass is 229 g/mol. The fraction of sp³-hybridized carbons (Fsp3) is 0.900. The average molecular weight is 229 g/mol. The molecule has 0 saturated heterocycles. The van der Waals surface area contributed by atoms with Crippen LogP contribution in [0.1, 0.15) is 27.7 Å². The minimum atomic E-state index is -1.88. The van der Waals surface area contributed by atoms with Crippen molar-refractivity contribution in [3.05, 3.63) is 5.21 Å². The minimum absolute atomic E-state index is 0.456. The maximum absolute atomic E-state index is 12.2. The smallest absolute Gasteiger partial charge is 0.248 e. The molecule has 0 aliphatic carbocycles. The van der Waals surface area contributed by atoms with Crippen molar-refractivity contribution in [2.24, 2.45) is 0 Å². The molecule has 0 N–H and O–H groups in total. The Kier molecular flexibility index (Phi) is 2.49. The van der Waals surface area contributed by atoms with E-state index in [0.29, 0.717) is 5.46 Å². The van der Waals surface area contributed by atoms with Gasteiger partial charge < -0.3 is 5.21 Å². The first kappa shape index (κ1) is 12.5. The van der Waals surface area contributed by atoms with Gasteiger partial charge in [-0.2, -0.15) is 0 Å². The molecule has 0 aromatic rings. The van der Waals surface area contributed by atoms with E-state index in [-0.39, 0.29) is 0 Å². The third-order valence-corrected chi connectivity index (χ3v) is 5.32. The molecule has 0 fully saturated rings. The first-order valence-corrected chi connectivity index (χ1v) is 8.76. The van der Waals surface area contributed by atoms with Crippen LogP contribution in [0.2, 0.25) is 19.6 Å². The van der Waals surface area contributed by atoms with Gasteiger partial charge in [-0.3, -0.25) is 4.74 Å². The summed E-state index contributed by atoms with van der Waals surface area (Å²) in [6, 6.07) is 0. The number of nitrogens with zero attached hydrogens (tertiary/aromatic N) is 2. The van der Waals surface area contributed by atoms with E-state index in [1.165, 1.54) is 0 Å². The molecule has 0 spiro atoms. The Bertz CT molecular complexity index is 316. The van der Waals surface area contributed by atoms with E-state index in [4.69, 9.17) is 0 Å². The van der Waals surface area contributed by atoms with E-state index < -0.39 is 19.2 Å². The molecular formula is C10H21N2O2Si. The highest BCUT2D eigenvalue weighted by atomic mass is 28.3. The molecular weight excluding hydrogens is 208 g/mol. The van der Waals surface area contributed by atoms with Gasteiger partial charge in [-0.05, 0) is 27.7 Å². The second-order valence-electron chi connectivity index (χ2n) is 6.28. The Morgan fingerprint density at radius 2 is 1.60 bits per heavy atom. The van der Waals surface area contributed by atoms with E-state index in [9.17, 15) is 10.4 Å². The first-order valence-electron chi connectivity index (χ1n) is 5.26. The van der Waals surface area contributed by atoms with Crippen molar-refractivity contribution in [2.45, 2.75) is 58.4 Å². The van der Waals surface area contributed by atoms with Crippen molar-refractivity contribution in [3.63, 3.8) is 0 Å². The Hall–Kier alpha value is -0.553. The van der Waals surface area contributed by atoms with Crippen molar-refractivity contribution in [1.29, 1.82) is 0 Å². The van der Waals surface area contributed by atoms with Crippen LogP contribution in [0.3, 0.4) is 0 Å². The normalized spacial score (nSPS) is 24.9. The SMILES string of the molecule is CC1(C)N([O])C([Si](C)(C)C)=[N+]([O-])C1(C)C. The summed E-state index contributed by atoms with van der Waals surface area (Å²) >= 11 is 0. The van der Waals surface area contributed by atoms with Crippen LogP contribution >= 0.6 is 0 Å². The molecule has 1 heterocycles. The van der Waals surface area contributed by atoms with Crippen LogP contribution in [0.15, 0.2) is 0 Å². The van der Waals surface area contributed by atoms with Gasteiger partial charge in [-0.25, -0.2) is 0 Å². The molecule has 0 amide bonds. The summed E-state index contributed by atoms with van der Waals surface area (Å²) in [5.41, 5.74) is -0.869. The Morgan fingerprint density at radius 3 is 1.73 bits per heavy atom. The lowest BCUT2D eigenvalue weighted by Crippen LogP contribution is -2.54. The number of hydrogen-bond donors (Lipinski definition) is 0. The summed E-state index contributed by atoms with van der Waals surface area (Å²) in [6.45, 7) is 13.4. The van der Waals surface area contributed by atoms with Gasteiger partial charge in [-0.15, -0.1) is 0 Å². The molecule has 1 aliphatic heterocycles. The van der Waals surface area contributed by atoms with Crippen molar-refractivity contribution < 1.29 is 9.95 Å². The van der Waals surface area contributed by atoms with Crippen LogP contribution in [0, 0.1) is 5.21 Å². The number of rotatable bonds is 1. The number of hydroxylamine groups is 3.